The summed E-state index contributed by atoms with van der Waals surface area (Å²) in [6.07, 6.45) is -1.03. The number of hydrogen-bond donors (Lipinski definition) is 4. The van der Waals surface area contributed by atoms with Gasteiger partial charge in [0.1, 0.15) is 12.6 Å². The Morgan fingerprint density at radius 3 is 1.87 bits per heavy atom. The van der Waals surface area contributed by atoms with E-state index in [9.17, 15) is 19.2 Å². The molecule has 0 saturated carbocycles. The van der Waals surface area contributed by atoms with Crippen LogP contribution in [0.5, 0.6) is 0 Å². The maximum atomic E-state index is 12.7. The van der Waals surface area contributed by atoms with Crippen LogP contribution in [0, 0.1) is 0 Å². The van der Waals surface area contributed by atoms with Crippen LogP contribution < -0.4 is 21.5 Å². The van der Waals surface area contributed by atoms with Gasteiger partial charge in [-0.3, -0.25) is 15.0 Å². The third-order valence-electron chi connectivity index (χ3n) is 5.30. The highest BCUT2D eigenvalue weighted by Gasteiger charge is 2.23. The molecule has 0 spiro atoms. The SMILES string of the molecule is O=C(COC(=O)NNC(=O)[C@@H](Cc1ccccc1)NC(=O)OCc1ccccc1)NCCc1ccccc1. The van der Waals surface area contributed by atoms with Crippen LogP contribution in [-0.4, -0.2) is 43.2 Å². The lowest BCUT2D eigenvalue weighted by molar-refractivity contribution is -0.124. The topological polar surface area (TPSA) is 135 Å². The van der Waals surface area contributed by atoms with Crippen molar-refractivity contribution in [2.75, 3.05) is 13.2 Å². The van der Waals surface area contributed by atoms with Crippen molar-refractivity contribution in [2.24, 2.45) is 0 Å². The predicted octanol–water partition coefficient (Wildman–Crippen LogP) is 2.64. The lowest BCUT2D eigenvalue weighted by Gasteiger charge is -2.18. The van der Waals surface area contributed by atoms with E-state index in [1.807, 2.05) is 54.6 Å². The molecule has 0 saturated heterocycles. The molecular formula is C28H30N4O6. The van der Waals surface area contributed by atoms with Gasteiger partial charge in [0, 0.05) is 13.0 Å². The Balaban J connectivity index is 1.42. The van der Waals surface area contributed by atoms with Crippen molar-refractivity contribution >= 4 is 24.0 Å². The van der Waals surface area contributed by atoms with Crippen molar-refractivity contribution in [3.05, 3.63) is 108 Å². The Morgan fingerprint density at radius 2 is 1.24 bits per heavy atom. The second-order valence-electron chi connectivity index (χ2n) is 8.22. The summed E-state index contributed by atoms with van der Waals surface area (Å²) < 4.78 is 10.0. The number of hydrogen-bond acceptors (Lipinski definition) is 6. The first-order chi connectivity index (χ1) is 18.5. The van der Waals surface area contributed by atoms with E-state index in [0.29, 0.717) is 13.0 Å². The van der Waals surface area contributed by atoms with Crippen molar-refractivity contribution < 1.29 is 28.7 Å². The quantitative estimate of drug-likeness (QED) is 0.288. The summed E-state index contributed by atoms with van der Waals surface area (Å²) in [7, 11) is 0. The molecule has 0 aromatic heterocycles. The van der Waals surface area contributed by atoms with Crippen molar-refractivity contribution in [3.63, 3.8) is 0 Å². The van der Waals surface area contributed by atoms with E-state index in [-0.39, 0.29) is 13.0 Å². The number of benzene rings is 3. The molecule has 0 bridgehead atoms. The zero-order valence-corrected chi connectivity index (χ0v) is 20.7. The maximum absolute atomic E-state index is 12.7. The minimum Gasteiger partial charge on any atom is -0.445 e. The van der Waals surface area contributed by atoms with E-state index in [1.54, 1.807) is 36.4 Å². The van der Waals surface area contributed by atoms with Gasteiger partial charge in [-0.25, -0.2) is 15.0 Å². The maximum Gasteiger partial charge on any atom is 0.426 e. The second kappa shape index (κ2) is 15.3. The number of nitrogens with one attached hydrogen (secondary N) is 4. The Morgan fingerprint density at radius 1 is 0.658 bits per heavy atom. The average molecular weight is 519 g/mol. The molecular weight excluding hydrogens is 488 g/mol. The summed E-state index contributed by atoms with van der Waals surface area (Å²) in [5.74, 6) is -1.18. The van der Waals surface area contributed by atoms with Gasteiger partial charge in [0.05, 0.1) is 0 Å². The van der Waals surface area contributed by atoms with Gasteiger partial charge >= 0.3 is 12.2 Å². The number of alkyl carbamates (subject to hydrolysis) is 1. The molecule has 3 rings (SSSR count). The fraction of sp³-hybridized carbons (Fsp3) is 0.214. The fourth-order valence-electron chi connectivity index (χ4n) is 3.38. The van der Waals surface area contributed by atoms with E-state index in [2.05, 4.69) is 21.5 Å². The van der Waals surface area contributed by atoms with Crippen LogP contribution in [0.3, 0.4) is 0 Å². The minimum absolute atomic E-state index is 0.0321. The number of amides is 4. The molecule has 0 unspecified atom stereocenters. The number of hydrazine groups is 1. The molecule has 198 valence electrons. The molecule has 10 heteroatoms. The highest BCUT2D eigenvalue weighted by Crippen LogP contribution is 2.05. The lowest BCUT2D eigenvalue weighted by atomic mass is 10.1. The summed E-state index contributed by atoms with van der Waals surface area (Å²) in [5, 5.41) is 5.17. The highest BCUT2D eigenvalue weighted by atomic mass is 16.6. The molecule has 0 fully saturated rings. The first kappa shape index (κ1) is 27.7. The molecule has 4 amide bonds. The molecule has 0 aliphatic heterocycles. The number of carbonyl (C=O) groups is 4. The van der Waals surface area contributed by atoms with Crippen LogP contribution in [0.1, 0.15) is 16.7 Å². The Hall–Kier alpha value is -4.86. The number of rotatable bonds is 11. The Kier molecular flexibility index (Phi) is 11.2. The fourth-order valence-corrected chi connectivity index (χ4v) is 3.38. The zero-order chi connectivity index (χ0) is 27.0. The van der Waals surface area contributed by atoms with E-state index in [4.69, 9.17) is 9.47 Å². The van der Waals surface area contributed by atoms with E-state index >= 15 is 0 Å². The molecule has 0 radical (unpaired) electrons. The van der Waals surface area contributed by atoms with Crippen molar-refractivity contribution in [3.8, 4) is 0 Å². The number of carbonyl (C=O) groups excluding carboxylic acids is 4. The first-order valence-electron chi connectivity index (χ1n) is 12.0. The largest absolute Gasteiger partial charge is 0.445 e. The van der Waals surface area contributed by atoms with Gasteiger partial charge in [0.25, 0.3) is 11.8 Å². The van der Waals surface area contributed by atoms with Crippen LogP contribution in [0.15, 0.2) is 91.0 Å². The monoisotopic (exact) mass is 518 g/mol. The summed E-state index contributed by atoms with van der Waals surface area (Å²) in [6.45, 7) is -0.101. The molecule has 3 aromatic rings. The summed E-state index contributed by atoms with van der Waals surface area (Å²) in [5.41, 5.74) is 6.93. The molecule has 4 N–H and O–H groups in total. The van der Waals surface area contributed by atoms with Crippen LogP contribution in [0.4, 0.5) is 9.59 Å². The summed E-state index contributed by atoms with van der Waals surface area (Å²) >= 11 is 0. The molecule has 0 aliphatic carbocycles. The number of ether oxygens (including phenoxy) is 2. The second-order valence-corrected chi connectivity index (χ2v) is 8.22. The third kappa shape index (κ3) is 10.4. The van der Waals surface area contributed by atoms with Crippen molar-refractivity contribution in [2.45, 2.75) is 25.5 Å². The molecule has 0 aliphatic rings. The normalized spacial score (nSPS) is 10.9. The van der Waals surface area contributed by atoms with Crippen LogP contribution in [0.25, 0.3) is 0 Å². The first-order valence-corrected chi connectivity index (χ1v) is 12.0. The van der Waals surface area contributed by atoms with Crippen molar-refractivity contribution in [1.82, 2.24) is 21.5 Å². The van der Waals surface area contributed by atoms with Gasteiger partial charge in [0.2, 0.25) is 0 Å². The molecule has 10 nitrogen and oxygen atoms in total. The van der Waals surface area contributed by atoms with Crippen molar-refractivity contribution in [1.29, 1.82) is 0 Å². The standard InChI is InChI=1S/C28H30N4O6/c33-25(29-17-16-21-10-4-1-5-11-21)20-38-28(36)32-31-26(34)24(18-22-12-6-2-7-13-22)30-27(35)37-19-23-14-8-3-9-15-23/h1-15,24H,16-20H2,(H,29,33)(H,30,35)(H,31,34)(H,32,36)/t24-/m1/s1. The van der Waals surface area contributed by atoms with Crippen LogP contribution in [-0.2, 0) is 38.5 Å². The third-order valence-corrected chi connectivity index (χ3v) is 5.30. The van der Waals surface area contributed by atoms with Gasteiger partial charge in [-0.2, -0.15) is 0 Å². The Labute approximate surface area is 220 Å². The molecule has 0 heterocycles. The highest BCUT2D eigenvalue weighted by molar-refractivity contribution is 5.87. The van der Waals surface area contributed by atoms with E-state index in [1.165, 1.54) is 0 Å². The predicted molar refractivity (Wildman–Crippen MR) is 139 cm³/mol. The average Bonchev–Trinajstić information content (AvgIpc) is 2.95. The molecule has 1 atom stereocenters. The van der Waals surface area contributed by atoms with E-state index in [0.717, 1.165) is 16.7 Å². The molecule has 38 heavy (non-hydrogen) atoms. The minimum atomic E-state index is -1.05. The lowest BCUT2D eigenvalue weighted by Crippen LogP contribution is -2.53. The van der Waals surface area contributed by atoms with Crippen LogP contribution in [0.2, 0.25) is 0 Å². The van der Waals surface area contributed by atoms with Gasteiger partial charge in [-0.1, -0.05) is 91.0 Å². The smallest absolute Gasteiger partial charge is 0.426 e. The van der Waals surface area contributed by atoms with Gasteiger partial charge in [-0.15, -0.1) is 0 Å². The Bertz CT molecular complexity index is 1180. The van der Waals surface area contributed by atoms with E-state index < -0.39 is 36.6 Å². The summed E-state index contributed by atoms with van der Waals surface area (Å²) in [4.78, 5) is 49.0. The zero-order valence-electron chi connectivity index (χ0n) is 20.7. The van der Waals surface area contributed by atoms with Gasteiger partial charge < -0.3 is 20.1 Å². The van der Waals surface area contributed by atoms with Gasteiger partial charge in [0.15, 0.2) is 6.61 Å². The molecule has 3 aromatic carbocycles. The van der Waals surface area contributed by atoms with Gasteiger partial charge in [-0.05, 0) is 23.1 Å². The summed E-state index contributed by atoms with van der Waals surface area (Å²) in [6, 6.07) is 26.7. The van der Waals surface area contributed by atoms with Crippen LogP contribution >= 0.6 is 0 Å².